The van der Waals surface area contributed by atoms with Crippen LogP contribution in [0.4, 0.5) is 5.69 Å². The molecule has 8 atom stereocenters. The van der Waals surface area contributed by atoms with Crippen LogP contribution in [0.1, 0.15) is 70.4 Å². The number of amides is 3. The van der Waals surface area contributed by atoms with E-state index in [-0.39, 0.29) is 23.8 Å². The van der Waals surface area contributed by atoms with Crippen LogP contribution in [0.3, 0.4) is 0 Å². The van der Waals surface area contributed by atoms with Gasteiger partial charge < -0.3 is 25.2 Å². The molecule has 3 amide bonds. The maximum Gasteiger partial charge on any atom is 0.246 e. The van der Waals surface area contributed by atoms with Crippen molar-refractivity contribution in [1.82, 2.24) is 20.0 Å². The van der Waals surface area contributed by atoms with Crippen LogP contribution in [-0.2, 0) is 25.7 Å². The van der Waals surface area contributed by atoms with Gasteiger partial charge in [0.25, 0.3) is 0 Å². The molecule has 1 spiro atoms. The summed E-state index contributed by atoms with van der Waals surface area (Å²) in [4.78, 5) is 49.6. The molecule has 5 aliphatic rings. The monoisotopic (exact) mass is 681 g/mol. The first-order chi connectivity index (χ1) is 24.1. The average Bonchev–Trinajstić information content (AvgIpc) is 3.75. The lowest BCUT2D eigenvalue weighted by atomic mass is 9.73. The molecule has 9 nitrogen and oxygen atoms in total. The van der Waals surface area contributed by atoms with Crippen LogP contribution in [0.15, 0.2) is 66.7 Å². The summed E-state index contributed by atoms with van der Waals surface area (Å²) < 4.78 is 6.62. The number of hydrogen-bond donors (Lipinski definition) is 2. The molecule has 4 heterocycles. The molecule has 2 aromatic rings. The molecule has 1 aliphatic carbocycles. The van der Waals surface area contributed by atoms with Crippen LogP contribution < -0.4 is 10.6 Å². The molecule has 2 N–H and O–H groups in total. The summed E-state index contributed by atoms with van der Waals surface area (Å²) in [5.41, 5.74) is 2.07. The molecule has 2 bridgehead atoms. The molecular weight excluding hydrogens is 626 g/mol. The first-order valence-corrected chi connectivity index (χ1v) is 19.0. The normalized spacial score (nSPS) is 32.5. The van der Waals surface area contributed by atoms with E-state index in [4.69, 9.17) is 4.74 Å². The zero-order valence-corrected chi connectivity index (χ0v) is 30.2. The van der Waals surface area contributed by atoms with E-state index in [2.05, 4.69) is 78.5 Å². The molecule has 0 radical (unpaired) electrons. The molecule has 4 fully saturated rings. The van der Waals surface area contributed by atoms with Gasteiger partial charge in [-0.15, -0.1) is 0 Å². The Morgan fingerprint density at radius 3 is 2.36 bits per heavy atom. The van der Waals surface area contributed by atoms with Gasteiger partial charge in [0.15, 0.2) is 0 Å². The van der Waals surface area contributed by atoms with Crippen molar-refractivity contribution in [3.63, 3.8) is 0 Å². The zero-order valence-electron chi connectivity index (χ0n) is 30.2. The Hall–Kier alpha value is -3.53. The Balaban J connectivity index is 1.05. The topological polar surface area (TPSA) is 94.2 Å². The number of likely N-dealkylation sites (tertiary alicyclic amines) is 1. The van der Waals surface area contributed by atoms with Gasteiger partial charge in [0.1, 0.15) is 11.6 Å². The van der Waals surface area contributed by atoms with Crippen LogP contribution in [0.25, 0.3) is 0 Å². The predicted octanol–water partition coefficient (Wildman–Crippen LogP) is 5.05. The maximum absolute atomic E-state index is 14.5. The van der Waals surface area contributed by atoms with Crippen molar-refractivity contribution >= 4 is 23.4 Å². The van der Waals surface area contributed by atoms with Crippen LogP contribution in [0, 0.1) is 23.7 Å². The number of rotatable bonds is 11. The Kier molecular flexibility index (Phi) is 10.2. The van der Waals surface area contributed by atoms with Crippen molar-refractivity contribution in [3.8, 4) is 0 Å². The minimum absolute atomic E-state index is 0.0568. The molecular formula is C41H55N5O4. The number of nitrogens with zero attached hydrogens (tertiary/aromatic N) is 3. The van der Waals surface area contributed by atoms with Crippen LogP contribution in [0.2, 0.25) is 0 Å². The molecule has 0 unspecified atom stereocenters. The highest BCUT2D eigenvalue weighted by molar-refractivity contribution is 6.02. The summed E-state index contributed by atoms with van der Waals surface area (Å²) >= 11 is 0. The van der Waals surface area contributed by atoms with Crippen LogP contribution >= 0.6 is 0 Å². The van der Waals surface area contributed by atoms with E-state index in [0.29, 0.717) is 30.0 Å². The number of benzene rings is 2. The number of anilines is 1. The first-order valence-electron chi connectivity index (χ1n) is 19.0. The molecule has 50 heavy (non-hydrogen) atoms. The number of carbonyl (C=O) groups is 3. The molecule has 1 saturated carbocycles. The second-order valence-electron chi connectivity index (χ2n) is 15.8. The van der Waals surface area contributed by atoms with Gasteiger partial charge >= 0.3 is 0 Å². The highest BCUT2D eigenvalue weighted by atomic mass is 16.5. The average molecular weight is 682 g/mol. The number of carbonyl (C=O) groups excluding carboxylic acids is 3. The Morgan fingerprint density at radius 1 is 0.920 bits per heavy atom. The summed E-state index contributed by atoms with van der Waals surface area (Å²) in [5, 5.41) is 6.45. The maximum atomic E-state index is 14.5. The van der Waals surface area contributed by atoms with Crippen molar-refractivity contribution in [2.75, 3.05) is 44.6 Å². The third kappa shape index (κ3) is 6.76. The van der Waals surface area contributed by atoms with Crippen molar-refractivity contribution in [1.29, 1.82) is 0 Å². The molecule has 2 aromatic carbocycles. The molecule has 3 saturated heterocycles. The highest BCUT2D eigenvalue weighted by Gasteiger charge is 2.72. The van der Waals surface area contributed by atoms with E-state index in [1.165, 1.54) is 17.5 Å². The van der Waals surface area contributed by atoms with Gasteiger partial charge in [-0.1, -0.05) is 95.2 Å². The van der Waals surface area contributed by atoms with Gasteiger partial charge in [0.05, 0.1) is 17.9 Å². The lowest BCUT2D eigenvalue weighted by Gasteiger charge is -2.38. The number of fused-ring (bicyclic) bond motifs is 1. The first kappa shape index (κ1) is 34.9. The molecule has 7 rings (SSSR count). The van der Waals surface area contributed by atoms with Gasteiger partial charge in [-0.2, -0.15) is 0 Å². The second-order valence-corrected chi connectivity index (χ2v) is 15.8. The molecule has 0 aromatic heterocycles. The number of ether oxygens (including phenoxy) is 1. The summed E-state index contributed by atoms with van der Waals surface area (Å²) in [7, 11) is 0. The van der Waals surface area contributed by atoms with Gasteiger partial charge in [-0.3, -0.25) is 19.3 Å². The van der Waals surface area contributed by atoms with E-state index in [9.17, 15) is 14.4 Å². The molecule has 4 aliphatic heterocycles. The Bertz CT molecular complexity index is 1550. The zero-order chi connectivity index (χ0) is 35.0. The van der Waals surface area contributed by atoms with Gasteiger partial charge in [0, 0.05) is 51.0 Å². The number of hydrogen-bond acceptors (Lipinski definition) is 6. The largest absolute Gasteiger partial charge is 0.359 e. The summed E-state index contributed by atoms with van der Waals surface area (Å²) in [6.07, 6.45) is 7.21. The minimum atomic E-state index is -1.15. The lowest BCUT2D eigenvalue weighted by Crippen LogP contribution is -2.58. The number of piperazine rings is 1. The quantitative estimate of drug-likeness (QED) is 0.323. The third-order valence-corrected chi connectivity index (χ3v) is 12.4. The lowest BCUT2D eigenvalue weighted by molar-refractivity contribution is -0.141. The second kappa shape index (κ2) is 14.6. The fourth-order valence-electron chi connectivity index (χ4n) is 9.21. The summed E-state index contributed by atoms with van der Waals surface area (Å²) in [6, 6.07) is 17.7. The highest BCUT2D eigenvalue weighted by Crippen LogP contribution is 2.55. The van der Waals surface area contributed by atoms with E-state index in [0.717, 1.165) is 58.5 Å². The van der Waals surface area contributed by atoms with E-state index >= 15 is 0 Å². The SMILES string of the molecule is CC(C)c1ccc(NC(=O)[C@H]2[C@H]3C=C[C@@]4(O3)[C@H]2C(=O)N(CCCN2CCN(Cc3ccccc3)CC2)[C@@H]4C(=O)N[C@@H]2CCC[C@H](C)[C@H]2C)cc1. The third-order valence-electron chi connectivity index (χ3n) is 12.4. The van der Waals surface area contributed by atoms with Crippen molar-refractivity contribution in [3.05, 3.63) is 77.9 Å². The van der Waals surface area contributed by atoms with Crippen LogP contribution in [-0.4, -0.2) is 95.5 Å². The van der Waals surface area contributed by atoms with E-state index < -0.39 is 29.6 Å². The Morgan fingerprint density at radius 2 is 1.64 bits per heavy atom. The van der Waals surface area contributed by atoms with Crippen molar-refractivity contribution in [2.45, 2.75) is 89.6 Å². The summed E-state index contributed by atoms with van der Waals surface area (Å²) in [6.45, 7) is 15.0. The van der Waals surface area contributed by atoms with Crippen LogP contribution in [0.5, 0.6) is 0 Å². The van der Waals surface area contributed by atoms with Crippen molar-refractivity contribution < 1.29 is 19.1 Å². The number of nitrogens with one attached hydrogen (secondary N) is 2. The summed E-state index contributed by atoms with van der Waals surface area (Å²) in [5.74, 6) is -0.725. The van der Waals surface area contributed by atoms with Gasteiger partial charge in [-0.25, -0.2) is 0 Å². The van der Waals surface area contributed by atoms with Gasteiger partial charge in [0.2, 0.25) is 17.7 Å². The Labute approximate surface area is 297 Å². The fraction of sp³-hybridized carbons (Fsp3) is 0.585. The standard InChI is InChI=1S/C41H55N5O4/c1-27(2)31-14-16-32(17-15-31)42-38(47)35-34-18-19-41(50-34)36(35)40(49)46(37(41)39(48)43-33-13-8-10-28(3)29(33)4)21-9-20-44-22-24-45(25-23-44)26-30-11-6-5-7-12-30/h5-7,11-12,14-19,27-29,33-37H,8-10,13,20-26H2,1-4H3,(H,42,47)(H,43,48)/t28-,29+,33+,34+,35-,36+,37+,41+/m0/s1. The molecule has 9 heteroatoms. The van der Waals surface area contributed by atoms with E-state index in [1.54, 1.807) is 4.90 Å². The smallest absolute Gasteiger partial charge is 0.246 e. The van der Waals surface area contributed by atoms with E-state index in [1.807, 2.05) is 36.4 Å². The molecule has 268 valence electrons. The predicted molar refractivity (Wildman–Crippen MR) is 195 cm³/mol. The fourth-order valence-corrected chi connectivity index (χ4v) is 9.21. The minimum Gasteiger partial charge on any atom is -0.359 e. The van der Waals surface area contributed by atoms with Gasteiger partial charge in [-0.05, 0) is 60.4 Å². The van der Waals surface area contributed by atoms with Crippen molar-refractivity contribution in [2.24, 2.45) is 23.7 Å².